The molecule has 0 spiro atoms. The molecular weight excluding hydrogens is 188 g/mol. The summed E-state index contributed by atoms with van der Waals surface area (Å²) in [6.07, 6.45) is 2.71. The third-order valence-corrected chi connectivity index (χ3v) is 2.61. The predicted octanol–water partition coefficient (Wildman–Crippen LogP) is 1.08. The van der Waals surface area contributed by atoms with Crippen molar-refractivity contribution in [3.05, 3.63) is 0 Å². The van der Waals surface area contributed by atoms with Crippen LogP contribution in [-0.2, 0) is 0 Å². The fraction of sp³-hybridized carbons (Fsp3) is 1.00. The third kappa shape index (κ3) is 6.88. The Labute approximate surface area is 93.9 Å². The molecule has 1 saturated carbocycles. The summed E-state index contributed by atoms with van der Waals surface area (Å²) in [5.74, 6) is 0.651. The van der Waals surface area contributed by atoms with Crippen molar-refractivity contribution < 1.29 is 5.11 Å². The van der Waals surface area contributed by atoms with Gasteiger partial charge < -0.3 is 15.3 Å². The standard InChI is InChI=1S/C12H26N2O/c1-10(7-13-11-5-6-11)8-14(4)9-12(2,3)15/h10-11,13,15H,5-9H2,1-4H3. The Kier molecular flexibility index (Phi) is 4.56. The van der Waals surface area contributed by atoms with Crippen LogP contribution in [0.25, 0.3) is 0 Å². The van der Waals surface area contributed by atoms with Crippen molar-refractivity contribution in [2.24, 2.45) is 5.92 Å². The monoisotopic (exact) mass is 214 g/mol. The van der Waals surface area contributed by atoms with Crippen LogP contribution in [0.1, 0.15) is 33.6 Å². The molecule has 0 aromatic rings. The van der Waals surface area contributed by atoms with Crippen LogP contribution in [0.4, 0.5) is 0 Å². The maximum atomic E-state index is 9.67. The second-order valence-electron chi connectivity index (χ2n) is 5.80. The first-order valence-corrected chi connectivity index (χ1v) is 6.01. The molecule has 1 rings (SSSR count). The maximum absolute atomic E-state index is 9.67. The van der Waals surface area contributed by atoms with Gasteiger partial charge in [-0.15, -0.1) is 0 Å². The van der Waals surface area contributed by atoms with Gasteiger partial charge in [-0.3, -0.25) is 0 Å². The second-order valence-corrected chi connectivity index (χ2v) is 5.80. The third-order valence-electron chi connectivity index (χ3n) is 2.61. The van der Waals surface area contributed by atoms with E-state index in [9.17, 15) is 5.11 Å². The van der Waals surface area contributed by atoms with E-state index in [1.165, 1.54) is 12.8 Å². The Hall–Kier alpha value is -0.120. The SMILES string of the molecule is CC(CNC1CC1)CN(C)CC(C)(C)O. The van der Waals surface area contributed by atoms with Crippen molar-refractivity contribution in [1.82, 2.24) is 10.2 Å². The molecule has 3 nitrogen and oxygen atoms in total. The molecule has 0 aliphatic heterocycles. The van der Waals surface area contributed by atoms with Gasteiger partial charge in [0.1, 0.15) is 0 Å². The van der Waals surface area contributed by atoms with Crippen LogP contribution in [0.3, 0.4) is 0 Å². The zero-order chi connectivity index (χ0) is 11.5. The molecule has 1 unspecified atom stereocenters. The summed E-state index contributed by atoms with van der Waals surface area (Å²) in [7, 11) is 2.07. The molecule has 90 valence electrons. The van der Waals surface area contributed by atoms with Gasteiger partial charge in [-0.05, 0) is 46.2 Å². The van der Waals surface area contributed by atoms with Gasteiger partial charge in [0.25, 0.3) is 0 Å². The fourth-order valence-corrected chi connectivity index (χ4v) is 1.98. The van der Waals surface area contributed by atoms with Crippen LogP contribution < -0.4 is 5.32 Å². The molecule has 0 radical (unpaired) electrons. The van der Waals surface area contributed by atoms with Crippen LogP contribution in [0.2, 0.25) is 0 Å². The highest BCUT2D eigenvalue weighted by Gasteiger charge is 2.22. The zero-order valence-electron chi connectivity index (χ0n) is 10.6. The minimum atomic E-state index is -0.585. The van der Waals surface area contributed by atoms with E-state index < -0.39 is 5.60 Å². The Morgan fingerprint density at radius 2 is 2.07 bits per heavy atom. The van der Waals surface area contributed by atoms with E-state index in [1.54, 1.807) is 0 Å². The average molecular weight is 214 g/mol. The maximum Gasteiger partial charge on any atom is 0.0718 e. The molecule has 1 aliphatic carbocycles. The number of hydrogen-bond acceptors (Lipinski definition) is 3. The smallest absolute Gasteiger partial charge is 0.0718 e. The highest BCUT2D eigenvalue weighted by molar-refractivity contribution is 4.81. The van der Waals surface area contributed by atoms with E-state index in [1.807, 2.05) is 13.8 Å². The van der Waals surface area contributed by atoms with Crippen LogP contribution in [0.5, 0.6) is 0 Å². The lowest BCUT2D eigenvalue weighted by Crippen LogP contribution is -2.40. The van der Waals surface area contributed by atoms with Crippen molar-refractivity contribution in [3.8, 4) is 0 Å². The molecule has 0 amide bonds. The van der Waals surface area contributed by atoms with E-state index in [0.717, 1.165) is 25.7 Å². The molecule has 0 aromatic heterocycles. The Balaban J connectivity index is 2.09. The topological polar surface area (TPSA) is 35.5 Å². The molecule has 0 bridgehead atoms. The minimum absolute atomic E-state index is 0.585. The summed E-state index contributed by atoms with van der Waals surface area (Å²) in [4.78, 5) is 2.21. The largest absolute Gasteiger partial charge is 0.389 e. The normalized spacial score (nSPS) is 19.6. The molecule has 1 atom stereocenters. The summed E-state index contributed by atoms with van der Waals surface area (Å²) >= 11 is 0. The van der Waals surface area contributed by atoms with Gasteiger partial charge >= 0.3 is 0 Å². The fourth-order valence-electron chi connectivity index (χ4n) is 1.98. The number of rotatable bonds is 7. The van der Waals surface area contributed by atoms with Crippen molar-refractivity contribution >= 4 is 0 Å². The first-order valence-electron chi connectivity index (χ1n) is 6.01. The summed E-state index contributed by atoms with van der Waals surface area (Å²) < 4.78 is 0. The first-order chi connectivity index (χ1) is 6.87. The molecule has 1 fully saturated rings. The van der Waals surface area contributed by atoms with Gasteiger partial charge in [-0.1, -0.05) is 6.92 Å². The average Bonchev–Trinajstić information content (AvgIpc) is 2.79. The predicted molar refractivity (Wildman–Crippen MR) is 64.0 cm³/mol. The number of nitrogens with one attached hydrogen (secondary N) is 1. The van der Waals surface area contributed by atoms with Crippen molar-refractivity contribution in [1.29, 1.82) is 0 Å². The lowest BCUT2D eigenvalue weighted by molar-refractivity contribution is 0.0409. The van der Waals surface area contributed by atoms with E-state index >= 15 is 0 Å². The summed E-state index contributed by atoms with van der Waals surface area (Å²) in [6, 6.07) is 0.798. The molecule has 15 heavy (non-hydrogen) atoms. The van der Waals surface area contributed by atoms with Crippen molar-refractivity contribution in [3.63, 3.8) is 0 Å². The first kappa shape index (κ1) is 12.9. The quantitative estimate of drug-likeness (QED) is 0.665. The second kappa shape index (κ2) is 5.28. The van der Waals surface area contributed by atoms with E-state index in [2.05, 4.69) is 24.2 Å². The van der Waals surface area contributed by atoms with Gasteiger partial charge in [0.2, 0.25) is 0 Å². The lowest BCUT2D eigenvalue weighted by atomic mass is 10.1. The number of hydrogen-bond donors (Lipinski definition) is 2. The van der Waals surface area contributed by atoms with Crippen molar-refractivity contribution in [2.75, 3.05) is 26.7 Å². The van der Waals surface area contributed by atoms with Gasteiger partial charge in [0, 0.05) is 19.1 Å². The Bertz CT molecular complexity index is 185. The Morgan fingerprint density at radius 1 is 1.47 bits per heavy atom. The molecule has 0 aromatic carbocycles. The molecular formula is C12H26N2O. The summed E-state index contributed by atoms with van der Waals surface area (Å²) in [5.41, 5.74) is -0.585. The highest BCUT2D eigenvalue weighted by Crippen LogP contribution is 2.18. The van der Waals surface area contributed by atoms with Crippen LogP contribution in [-0.4, -0.2) is 48.3 Å². The van der Waals surface area contributed by atoms with Gasteiger partial charge in [-0.25, -0.2) is 0 Å². The number of likely N-dealkylation sites (N-methyl/N-ethyl adjacent to an activating group) is 1. The van der Waals surface area contributed by atoms with Crippen LogP contribution in [0.15, 0.2) is 0 Å². The Morgan fingerprint density at radius 3 is 2.53 bits per heavy atom. The van der Waals surface area contributed by atoms with Crippen LogP contribution >= 0.6 is 0 Å². The molecule has 2 N–H and O–H groups in total. The van der Waals surface area contributed by atoms with E-state index in [-0.39, 0.29) is 0 Å². The van der Waals surface area contributed by atoms with E-state index in [4.69, 9.17) is 0 Å². The highest BCUT2D eigenvalue weighted by atomic mass is 16.3. The van der Waals surface area contributed by atoms with Crippen LogP contribution in [0, 0.1) is 5.92 Å². The van der Waals surface area contributed by atoms with Gasteiger partial charge in [-0.2, -0.15) is 0 Å². The van der Waals surface area contributed by atoms with Gasteiger partial charge in [0.05, 0.1) is 5.60 Å². The molecule has 1 aliphatic rings. The van der Waals surface area contributed by atoms with Gasteiger partial charge in [0.15, 0.2) is 0 Å². The molecule has 3 heteroatoms. The molecule has 0 saturated heterocycles. The molecule has 0 heterocycles. The summed E-state index contributed by atoms with van der Waals surface area (Å²) in [6.45, 7) is 8.86. The zero-order valence-corrected chi connectivity index (χ0v) is 10.6. The number of aliphatic hydroxyl groups is 1. The summed E-state index contributed by atoms with van der Waals surface area (Å²) in [5, 5.41) is 13.2. The minimum Gasteiger partial charge on any atom is -0.389 e. The van der Waals surface area contributed by atoms with Crippen molar-refractivity contribution in [2.45, 2.75) is 45.3 Å². The van der Waals surface area contributed by atoms with E-state index in [0.29, 0.717) is 5.92 Å². The lowest BCUT2D eigenvalue weighted by Gasteiger charge is -2.27. The number of nitrogens with zero attached hydrogens (tertiary/aromatic N) is 1.